The number of rotatable bonds is 1. The van der Waals surface area contributed by atoms with E-state index >= 15 is 0 Å². The molecule has 0 saturated heterocycles. The van der Waals surface area contributed by atoms with E-state index in [0.717, 1.165) is 12.0 Å². The van der Waals surface area contributed by atoms with E-state index < -0.39 is 0 Å². The summed E-state index contributed by atoms with van der Waals surface area (Å²) in [6, 6.07) is 13.5. The molecular weight excluding hydrogens is 213 g/mol. The van der Waals surface area contributed by atoms with E-state index in [2.05, 4.69) is 30.4 Å². The number of benzene rings is 2. The van der Waals surface area contributed by atoms with Gasteiger partial charge in [0.1, 0.15) is 5.82 Å². The molecule has 0 saturated carbocycles. The van der Waals surface area contributed by atoms with Crippen molar-refractivity contribution in [2.24, 2.45) is 0 Å². The molecule has 1 nitrogen and oxygen atoms in total. The summed E-state index contributed by atoms with van der Waals surface area (Å²) in [7, 11) is 0. The molecule has 0 aliphatic carbocycles. The Hall–Kier alpha value is -1.83. The van der Waals surface area contributed by atoms with Gasteiger partial charge in [-0.25, -0.2) is 4.39 Å². The van der Waals surface area contributed by atoms with Crippen LogP contribution in [0.25, 0.3) is 0 Å². The summed E-state index contributed by atoms with van der Waals surface area (Å²) in [6.07, 6.45) is 0.975. The van der Waals surface area contributed by atoms with Gasteiger partial charge in [-0.2, -0.15) is 0 Å². The first kappa shape index (κ1) is 10.3. The minimum atomic E-state index is -0.180. The Balaban J connectivity index is 1.88. The van der Waals surface area contributed by atoms with Gasteiger partial charge in [-0.3, -0.25) is 0 Å². The normalized spacial score (nSPS) is 17.6. The Kier molecular flexibility index (Phi) is 2.36. The van der Waals surface area contributed by atoms with Gasteiger partial charge >= 0.3 is 0 Å². The van der Waals surface area contributed by atoms with Gasteiger partial charge in [-0.1, -0.05) is 29.8 Å². The van der Waals surface area contributed by atoms with Gasteiger partial charge in [-0.15, -0.1) is 0 Å². The van der Waals surface area contributed by atoms with Crippen LogP contribution in [0.3, 0.4) is 0 Å². The zero-order valence-electron chi connectivity index (χ0n) is 9.70. The van der Waals surface area contributed by atoms with Gasteiger partial charge in [0.05, 0.1) is 6.04 Å². The average Bonchev–Trinajstić information content (AvgIpc) is 2.72. The lowest BCUT2D eigenvalue weighted by molar-refractivity contribution is 0.626. The summed E-state index contributed by atoms with van der Waals surface area (Å²) in [5, 5.41) is 3.47. The van der Waals surface area contributed by atoms with Crippen LogP contribution in [-0.2, 0) is 6.42 Å². The first-order valence-corrected chi connectivity index (χ1v) is 5.84. The third-order valence-electron chi connectivity index (χ3n) is 3.29. The summed E-state index contributed by atoms with van der Waals surface area (Å²) in [5.74, 6) is -0.180. The summed E-state index contributed by atoms with van der Waals surface area (Å²) in [5.41, 5.74) is 4.97. The van der Waals surface area contributed by atoms with Crippen molar-refractivity contribution in [3.63, 3.8) is 0 Å². The van der Waals surface area contributed by atoms with E-state index in [-0.39, 0.29) is 11.9 Å². The molecular formula is C15H14FN. The standard InChI is InChI=1S/C15H14FN/c1-10-2-7-14-12(8-10)9-15(17-14)11-3-5-13(16)6-4-11/h2-8,15,17H,9H2,1H3. The van der Waals surface area contributed by atoms with Crippen molar-refractivity contribution in [2.75, 3.05) is 5.32 Å². The maximum Gasteiger partial charge on any atom is 0.123 e. The van der Waals surface area contributed by atoms with Crippen molar-refractivity contribution in [3.05, 3.63) is 65.0 Å². The second-order valence-electron chi connectivity index (χ2n) is 4.61. The van der Waals surface area contributed by atoms with Gasteiger partial charge in [0.25, 0.3) is 0 Å². The highest BCUT2D eigenvalue weighted by Gasteiger charge is 2.21. The largest absolute Gasteiger partial charge is 0.378 e. The van der Waals surface area contributed by atoms with Crippen LogP contribution in [-0.4, -0.2) is 0 Å². The smallest absolute Gasteiger partial charge is 0.123 e. The highest BCUT2D eigenvalue weighted by Crippen LogP contribution is 2.34. The minimum Gasteiger partial charge on any atom is -0.378 e. The number of anilines is 1. The first-order chi connectivity index (χ1) is 8.22. The molecule has 2 aromatic rings. The SMILES string of the molecule is Cc1ccc2c(c1)CC(c1ccc(F)cc1)N2. The van der Waals surface area contributed by atoms with Crippen LogP contribution >= 0.6 is 0 Å². The van der Waals surface area contributed by atoms with Gasteiger partial charge in [0.2, 0.25) is 0 Å². The average molecular weight is 227 g/mol. The van der Waals surface area contributed by atoms with E-state index in [0.29, 0.717) is 0 Å². The summed E-state index contributed by atoms with van der Waals surface area (Å²) in [4.78, 5) is 0. The second kappa shape index (κ2) is 3.88. The van der Waals surface area contributed by atoms with Crippen LogP contribution in [0.2, 0.25) is 0 Å². The van der Waals surface area contributed by atoms with Crippen molar-refractivity contribution in [1.82, 2.24) is 0 Å². The monoisotopic (exact) mass is 227 g/mol. The molecule has 17 heavy (non-hydrogen) atoms. The lowest BCUT2D eigenvalue weighted by Crippen LogP contribution is -2.05. The molecule has 1 aliphatic rings. The van der Waals surface area contributed by atoms with E-state index in [1.165, 1.54) is 28.9 Å². The molecule has 0 amide bonds. The molecule has 0 spiro atoms. The molecule has 0 aromatic heterocycles. The summed E-state index contributed by atoms with van der Waals surface area (Å²) in [6.45, 7) is 2.10. The maximum atomic E-state index is 12.9. The predicted molar refractivity (Wildman–Crippen MR) is 67.6 cm³/mol. The van der Waals surface area contributed by atoms with E-state index in [1.54, 1.807) is 0 Å². The number of fused-ring (bicyclic) bond motifs is 1. The number of aryl methyl sites for hydroxylation is 1. The lowest BCUT2D eigenvalue weighted by atomic mass is 10.0. The zero-order chi connectivity index (χ0) is 11.8. The van der Waals surface area contributed by atoms with Crippen LogP contribution in [0.15, 0.2) is 42.5 Å². The van der Waals surface area contributed by atoms with E-state index in [9.17, 15) is 4.39 Å². The van der Waals surface area contributed by atoms with Crippen molar-refractivity contribution in [2.45, 2.75) is 19.4 Å². The second-order valence-corrected chi connectivity index (χ2v) is 4.61. The van der Waals surface area contributed by atoms with E-state index in [1.807, 2.05) is 12.1 Å². The Bertz CT molecular complexity index is 545. The molecule has 2 heteroatoms. The Morgan fingerprint density at radius 3 is 2.65 bits per heavy atom. The third-order valence-corrected chi connectivity index (χ3v) is 3.29. The molecule has 0 bridgehead atoms. The van der Waals surface area contributed by atoms with Crippen molar-refractivity contribution < 1.29 is 4.39 Å². The molecule has 86 valence electrons. The summed E-state index contributed by atoms with van der Waals surface area (Å²) < 4.78 is 12.9. The Morgan fingerprint density at radius 1 is 1.12 bits per heavy atom. The van der Waals surface area contributed by atoms with Crippen LogP contribution in [0, 0.1) is 12.7 Å². The number of hydrogen-bond donors (Lipinski definition) is 1. The summed E-state index contributed by atoms with van der Waals surface area (Å²) >= 11 is 0. The third kappa shape index (κ3) is 1.91. The highest BCUT2D eigenvalue weighted by molar-refractivity contribution is 5.59. The molecule has 1 N–H and O–H groups in total. The molecule has 2 aromatic carbocycles. The molecule has 0 radical (unpaired) electrons. The van der Waals surface area contributed by atoms with Gasteiger partial charge in [0.15, 0.2) is 0 Å². The molecule has 1 unspecified atom stereocenters. The predicted octanol–water partition coefficient (Wildman–Crippen LogP) is 3.84. The van der Waals surface area contributed by atoms with Crippen molar-refractivity contribution >= 4 is 5.69 Å². The Labute approximate surface area is 100 Å². The molecule has 1 atom stereocenters. The number of nitrogens with one attached hydrogen (secondary N) is 1. The van der Waals surface area contributed by atoms with Gasteiger partial charge < -0.3 is 5.32 Å². The fourth-order valence-corrected chi connectivity index (χ4v) is 2.39. The minimum absolute atomic E-state index is 0.180. The van der Waals surface area contributed by atoms with Gasteiger partial charge in [0, 0.05) is 5.69 Å². The molecule has 1 heterocycles. The highest BCUT2D eigenvalue weighted by atomic mass is 19.1. The quantitative estimate of drug-likeness (QED) is 0.780. The van der Waals surface area contributed by atoms with E-state index in [4.69, 9.17) is 0 Å². The van der Waals surface area contributed by atoms with Crippen LogP contribution in [0.5, 0.6) is 0 Å². The van der Waals surface area contributed by atoms with Crippen LogP contribution < -0.4 is 5.32 Å². The fraction of sp³-hybridized carbons (Fsp3) is 0.200. The van der Waals surface area contributed by atoms with Crippen LogP contribution in [0.1, 0.15) is 22.7 Å². The molecule has 1 aliphatic heterocycles. The van der Waals surface area contributed by atoms with Crippen LogP contribution in [0.4, 0.5) is 10.1 Å². The fourth-order valence-electron chi connectivity index (χ4n) is 2.39. The zero-order valence-corrected chi connectivity index (χ0v) is 9.70. The molecule has 0 fully saturated rings. The molecule has 3 rings (SSSR count). The van der Waals surface area contributed by atoms with Crippen molar-refractivity contribution in [3.8, 4) is 0 Å². The number of hydrogen-bond acceptors (Lipinski definition) is 1. The number of halogens is 1. The first-order valence-electron chi connectivity index (χ1n) is 5.84. The van der Waals surface area contributed by atoms with Crippen molar-refractivity contribution in [1.29, 1.82) is 0 Å². The lowest BCUT2D eigenvalue weighted by Gasteiger charge is -2.11. The Morgan fingerprint density at radius 2 is 1.88 bits per heavy atom. The topological polar surface area (TPSA) is 12.0 Å². The van der Waals surface area contributed by atoms with Gasteiger partial charge in [-0.05, 0) is 42.7 Å². The maximum absolute atomic E-state index is 12.9.